The highest BCUT2D eigenvalue weighted by molar-refractivity contribution is 7.94. The lowest BCUT2D eigenvalue weighted by molar-refractivity contribution is 0.929. The first-order valence-corrected chi connectivity index (χ1v) is 5.85. The van der Waals surface area contributed by atoms with Gasteiger partial charge in [0.05, 0.1) is 12.1 Å². The number of benzene rings is 2. The van der Waals surface area contributed by atoms with Crippen molar-refractivity contribution in [2.24, 2.45) is 0 Å². The Morgan fingerprint density at radius 3 is 2.31 bits per heavy atom. The predicted octanol–water partition coefficient (Wildman–Crippen LogP) is 5.08. The third kappa shape index (κ3) is 1.54. The molecule has 2 aromatic rings. The van der Waals surface area contributed by atoms with Gasteiger partial charge in [0.25, 0.3) is 0 Å². The summed E-state index contributed by atoms with van der Waals surface area (Å²) >= 11 is 0.319. The zero-order valence-electron chi connectivity index (χ0n) is 9.38. The Labute approximate surface area is 99.5 Å². The monoisotopic (exact) mass is 232 g/mol. The molecule has 2 heteroatoms. The van der Waals surface area contributed by atoms with E-state index in [2.05, 4.69) is 12.6 Å². The maximum absolute atomic E-state index is 13.0. The van der Waals surface area contributed by atoms with Gasteiger partial charge >= 0.3 is 0 Å². The Morgan fingerprint density at radius 1 is 1.12 bits per heavy atom. The summed E-state index contributed by atoms with van der Waals surface area (Å²) < 4.78 is 13.0. The fourth-order valence-corrected chi connectivity index (χ4v) is 2.60. The Balaban J connectivity index is 2.99. The summed E-state index contributed by atoms with van der Waals surface area (Å²) in [5.41, 5.74) is 3.01. The first-order valence-electron chi connectivity index (χ1n) is 5.13. The molecule has 0 spiro atoms. The van der Waals surface area contributed by atoms with Gasteiger partial charge in [-0.25, -0.2) is 0 Å². The minimum absolute atomic E-state index is 0.319. The molecule has 0 heterocycles. The summed E-state index contributed by atoms with van der Waals surface area (Å²) in [6.07, 6.45) is 1.80. The van der Waals surface area contributed by atoms with Gasteiger partial charge in [0.15, 0.2) is 0 Å². The average Bonchev–Trinajstić information content (AvgIpc) is 2.30. The van der Waals surface area contributed by atoms with Crippen LogP contribution in [0.15, 0.2) is 35.7 Å². The van der Waals surface area contributed by atoms with Crippen molar-refractivity contribution in [2.45, 2.75) is 18.7 Å². The van der Waals surface area contributed by atoms with Crippen LogP contribution < -0.4 is 0 Å². The van der Waals surface area contributed by atoms with E-state index >= 15 is 0 Å². The number of halogens is 1. The molecule has 2 rings (SSSR count). The summed E-state index contributed by atoms with van der Waals surface area (Å²) in [6.45, 7) is 7.72. The van der Waals surface area contributed by atoms with Crippen LogP contribution in [0.1, 0.15) is 16.7 Å². The minimum atomic E-state index is 0.319. The Kier molecular flexibility index (Phi) is 3.01. The topological polar surface area (TPSA) is 0 Å². The van der Waals surface area contributed by atoms with Crippen molar-refractivity contribution in [3.05, 3.63) is 47.5 Å². The normalized spacial score (nSPS) is 10.7. The lowest BCUT2D eigenvalue weighted by Crippen LogP contribution is -1.92. The highest BCUT2D eigenvalue weighted by Gasteiger charge is 2.12. The largest absolute Gasteiger partial charge is 0.160 e. The zero-order valence-corrected chi connectivity index (χ0v) is 10.2. The van der Waals surface area contributed by atoms with Gasteiger partial charge in [-0.15, -0.1) is 0 Å². The molecule has 0 aromatic heterocycles. The summed E-state index contributed by atoms with van der Waals surface area (Å²) in [4.78, 5) is 0.716. The van der Waals surface area contributed by atoms with Crippen LogP contribution in [0.5, 0.6) is 0 Å². The maximum atomic E-state index is 13.0. The van der Waals surface area contributed by atoms with Crippen molar-refractivity contribution in [1.82, 2.24) is 0 Å². The van der Waals surface area contributed by atoms with E-state index in [9.17, 15) is 3.89 Å². The quantitative estimate of drug-likeness (QED) is 0.696. The van der Waals surface area contributed by atoms with E-state index in [0.717, 1.165) is 27.5 Å². The van der Waals surface area contributed by atoms with Gasteiger partial charge in [-0.2, -0.15) is 3.89 Å². The molecule has 0 atom stereocenters. The lowest BCUT2D eigenvalue weighted by atomic mass is 9.96. The summed E-state index contributed by atoms with van der Waals surface area (Å²) in [6, 6.07) is 8.05. The van der Waals surface area contributed by atoms with Gasteiger partial charge in [-0.3, -0.25) is 0 Å². The molecule has 0 bridgehead atoms. The van der Waals surface area contributed by atoms with Crippen LogP contribution in [0.2, 0.25) is 0 Å². The smallest absolute Gasteiger partial charge is 0.0818 e. The second-order valence-corrected chi connectivity index (χ2v) is 4.38. The fourth-order valence-electron chi connectivity index (χ4n) is 2.15. The van der Waals surface area contributed by atoms with Gasteiger partial charge in [-0.05, 0) is 41.3 Å². The molecule has 0 amide bonds. The summed E-state index contributed by atoms with van der Waals surface area (Å²) in [5, 5.41) is 2.24. The lowest BCUT2D eigenvalue weighted by Gasteiger charge is -2.13. The van der Waals surface area contributed by atoms with E-state index < -0.39 is 0 Å². The molecule has 82 valence electrons. The predicted molar refractivity (Wildman–Crippen MR) is 70.5 cm³/mol. The molecule has 0 aliphatic heterocycles. The number of hydrogen-bond acceptors (Lipinski definition) is 1. The third-order valence-electron chi connectivity index (χ3n) is 2.99. The molecule has 0 saturated carbocycles. The first kappa shape index (κ1) is 11.2. The van der Waals surface area contributed by atoms with E-state index in [1.165, 1.54) is 0 Å². The fraction of sp³-hybridized carbons (Fsp3) is 0.143. The van der Waals surface area contributed by atoms with Crippen LogP contribution >= 0.6 is 12.1 Å². The molecular formula is C14H13FS. The molecular weight excluding hydrogens is 219 g/mol. The van der Waals surface area contributed by atoms with E-state index in [1.807, 2.05) is 32.0 Å². The van der Waals surface area contributed by atoms with Crippen molar-refractivity contribution >= 4 is 29.0 Å². The van der Waals surface area contributed by atoms with Crippen LogP contribution in [-0.4, -0.2) is 0 Å². The third-order valence-corrected chi connectivity index (χ3v) is 3.75. The molecule has 16 heavy (non-hydrogen) atoms. The van der Waals surface area contributed by atoms with E-state index in [1.54, 1.807) is 6.08 Å². The number of rotatable bonds is 2. The van der Waals surface area contributed by atoms with Gasteiger partial charge in [0.1, 0.15) is 0 Å². The van der Waals surface area contributed by atoms with Crippen LogP contribution in [-0.2, 0) is 0 Å². The highest BCUT2D eigenvalue weighted by atomic mass is 32.2. The molecule has 0 fully saturated rings. The maximum Gasteiger partial charge on any atom is 0.0818 e. The molecule has 0 aliphatic rings. The van der Waals surface area contributed by atoms with Gasteiger partial charge in [-0.1, -0.05) is 36.9 Å². The van der Waals surface area contributed by atoms with Crippen LogP contribution in [0.25, 0.3) is 16.8 Å². The van der Waals surface area contributed by atoms with Crippen molar-refractivity contribution in [1.29, 1.82) is 0 Å². The van der Waals surface area contributed by atoms with Crippen LogP contribution in [0.4, 0.5) is 3.89 Å². The highest BCUT2D eigenvalue weighted by Crippen LogP contribution is 2.36. The Hall–Kier alpha value is -1.28. The van der Waals surface area contributed by atoms with Crippen LogP contribution in [0.3, 0.4) is 0 Å². The van der Waals surface area contributed by atoms with Crippen molar-refractivity contribution in [3.8, 4) is 0 Å². The molecule has 0 unspecified atom stereocenters. The van der Waals surface area contributed by atoms with Crippen molar-refractivity contribution < 1.29 is 3.89 Å². The molecule has 2 aromatic carbocycles. The van der Waals surface area contributed by atoms with Crippen molar-refractivity contribution in [3.63, 3.8) is 0 Å². The van der Waals surface area contributed by atoms with E-state index in [4.69, 9.17) is 0 Å². The average molecular weight is 232 g/mol. The van der Waals surface area contributed by atoms with Gasteiger partial charge in [0, 0.05) is 4.90 Å². The zero-order chi connectivity index (χ0) is 11.7. The standard InChI is InChI=1S/C14H13FS/c1-4-11-9(2)14(16-15)10(3)12-7-5-6-8-13(11)12/h4-8H,1H2,2-3H3. The van der Waals surface area contributed by atoms with E-state index in [0.29, 0.717) is 17.0 Å². The molecule has 0 aliphatic carbocycles. The van der Waals surface area contributed by atoms with Crippen molar-refractivity contribution in [2.75, 3.05) is 0 Å². The molecule has 0 nitrogen and oxygen atoms in total. The summed E-state index contributed by atoms with van der Waals surface area (Å²) in [7, 11) is 0. The second-order valence-electron chi connectivity index (χ2n) is 3.82. The van der Waals surface area contributed by atoms with E-state index in [-0.39, 0.29) is 0 Å². The number of hydrogen-bond donors (Lipinski definition) is 0. The van der Waals surface area contributed by atoms with Gasteiger partial charge in [0.2, 0.25) is 0 Å². The number of aryl methyl sites for hydroxylation is 1. The first-order chi connectivity index (χ1) is 7.70. The van der Waals surface area contributed by atoms with Gasteiger partial charge < -0.3 is 0 Å². The molecule has 0 N–H and O–H groups in total. The minimum Gasteiger partial charge on any atom is -0.160 e. The number of fused-ring (bicyclic) bond motifs is 1. The Morgan fingerprint density at radius 2 is 1.75 bits per heavy atom. The molecule has 0 saturated heterocycles. The molecule has 0 radical (unpaired) electrons. The van der Waals surface area contributed by atoms with Crippen LogP contribution in [0, 0.1) is 13.8 Å². The Bertz CT molecular complexity index is 558. The SMILES string of the molecule is C=Cc1c(C)c(SF)c(C)c2ccccc12. The summed E-state index contributed by atoms with van der Waals surface area (Å²) in [5.74, 6) is 0. The second kappa shape index (κ2) is 4.30.